The van der Waals surface area contributed by atoms with E-state index < -0.39 is 41.2 Å². The number of aliphatic hydroxyl groups excluding tert-OH is 1. The molecule has 3 aromatic carbocycles. The van der Waals surface area contributed by atoms with Crippen LogP contribution in [0.25, 0.3) is 43.4 Å². The van der Waals surface area contributed by atoms with E-state index in [0.29, 0.717) is 48.4 Å². The number of rotatable bonds is 16. The Labute approximate surface area is 458 Å². The molecule has 11 rings (SSSR count). The highest BCUT2D eigenvalue weighted by molar-refractivity contribution is 7.13. The van der Waals surface area contributed by atoms with Crippen LogP contribution in [-0.4, -0.2) is 146 Å². The predicted molar refractivity (Wildman–Crippen MR) is 298 cm³/mol. The number of aryl methyl sites for hydroxylation is 2. The molecule has 5 fully saturated rings. The van der Waals surface area contributed by atoms with Crippen molar-refractivity contribution in [3.05, 3.63) is 88.9 Å². The molecule has 3 amide bonds. The normalized spacial score (nSPS) is 24.0. The fraction of sp³-hybridized carbons (Fsp3) is 0.508. The lowest BCUT2D eigenvalue weighted by Crippen LogP contribution is -2.58. The van der Waals surface area contributed by atoms with Crippen LogP contribution in [0.2, 0.25) is 0 Å². The van der Waals surface area contributed by atoms with Gasteiger partial charge >= 0.3 is 6.01 Å². The first-order valence-corrected chi connectivity index (χ1v) is 28.5. The molecule has 6 aromatic rings. The lowest BCUT2D eigenvalue weighted by atomic mass is 9.85. The van der Waals surface area contributed by atoms with Gasteiger partial charge in [-0.3, -0.25) is 24.3 Å². The van der Waals surface area contributed by atoms with Gasteiger partial charge in [0.2, 0.25) is 17.7 Å². The van der Waals surface area contributed by atoms with Crippen LogP contribution < -0.4 is 25.6 Å². The van der Waals surface area contributed by atoms with Gasteiger partial charge < -0.3 is 45.4 Å². The number of pyridine rings is 1. The zero-order valence-electron chi connectivity index (χ0n) is 45.4. The van der Waals surface area contributed by atoms with E-state index in [1.807, 2.05) is 82.6 Å². The second kappa shape index (κ2) is 21.7. The Kier molecular flexibility index (Phi) is 14.9. The minimum absolute atomic E-state index is 0.00210. The third-order valence-electron chi connectivity index (χ3n) is 17.0. The smallest absolute Gasteiger partial charge is 0.319 e. The van der Waals surface area contributed by atoms with Gasteiger partial charge in [-0.1, -0.05) is 70.2 Å². The number of amides is 3. The van der Waals surface area contributed by atoms with Crippen LogP contribution in [0.5, 0.6) is 11.8 Å². The minimum atomic E-state index is -0.999. The van der Waals surface area contributed by atoms with Crippen LogP contribution in [0.4, 0.5) is 10.2 Å². The number of nitrogens with zero attached hydrogens (tertiary/aromatic N) is 7. The Morgan fingerprint density at radius 2 is 1.78 bits per heavy atom. The van der Waals surface area contributed by atoms with Crippen LogP contribution in [0.15, 0.2) is 66.3 Å². The molecule has 2 unspecified atom stereocenters. The number of ether oxygens (including phenoxy) is 2. The van der Waals surface area contributed by atoms with Gasteiger partial charge in [0.15, 0.2) is 5.82 Å². The van der Waals surface area contributed by atoms with Gasteiger partial charge in [-0.15, -0.1) is 11.3 Å². The van der Waals surface area contributed by atoms with Gasteiger partial charge in [0.1, 0.15) is 48.1 Å². The Bertz CT molecular complexity index is 3230. The molecule has 8 heterocycles. The molecule has 19 heteroatoms. The molecule has 0 spiro atoms. The van der Waals surface area contributed by atoms with Crippen LogP contribution in [0.3, 0.4) is 0 Å². The molecular formula is C59H71FN10O7S. The molecule has 0 saturated carbocycles. The number of halogens is 1. The third-order valence-corrected chi connectivity index (χ3v) is 17.9. The fourth-order valence-electron chi connectivity index (χ4n) is 13.0. The number of phenolic OH excluding ortho intramolecular Hbond substituents is 1. The topological polar surface area (TPSA) is 208 Å². The molecule has 5 N–H and O–H groups in total. The number of aromatic nitrogens is 4. The van der Waals surface area contributed by atoms with Crippen molar-refractivity contribution in [2.45, 2.75) is 141 Å². The number of piperazine rings is 1. The molecule has 0 aliphatic carbocycles. The molecule has 5 saturated heterocycles. The van der Waals surface area contributed by atoms with Gasteiger partial charge in [-0.2, -0.15) is 9.97 Å². The number of fused-ring (bicyclic) bond motifs is 5. The van der Waals surface area contributed by atoms with Crippen molar-refractivity contribution in [1.29, 1.82) is 0 Å². The van der Waals surface area contributed by atoms with E-state index in [4.69, 9.17) is 24.4 Å². The number of β-amino-alcohol motifs (C(OH)–C–C–N with tert-alkyl or cyclic N) is 1. The zero-order chi connectivity index (χ0) is 54.6. The van der Waals surface area contributed by atoms with Gasteiger partial charge in [0.05, 0.1) is 45.8 Å². The average Bonchev–Trinajstić information content (AvgIpc) is 4.30. The maximum absolute atomic E-state index is 17.3. The first-order valence-electron chi connectivity index (χ1n) is 27.6. The third kappa shape index (κ3) is 10.5. The molecule has 5 aliphatic rings. The van der Waals surface area contributed by atoms with Crippen molar-refractivity contribution in [3.8, 4) is 33.5 Å². The van der Waals surface area contributed by atoms with Gasteiger partial charge in [0, 0.05) is 55.9 Å². The molecule has 0 radical (unpaired) electrons. The predicted octanol–water partition coefficient (Wildman–Crippen LogP) is 7.39. The van der Waals surface area contributed by atoms with Crippen molar-refractivity contribution in [2.24, 2.45) is 5.41 Å². The van der Waals surface area contributed by atoms with Crippen molar-refractivity contribution < 1.29 is 38.5 Å². The number of likely N-dealkylation sites (tertiary alicyclic amines) is 1. The maximum Gasteiger partial charge on any atom is 0.319 e. The Balaban J connectivity index is 0.747. The zero-order valence-corrected chi connectivity index (χ0v) is 46.2. The highest BCUT2D eigenvalue weighted by Crippen LogP contribution is 2.44. The highest BCUT2D eigenvalue weighted by atomic mass is 32.1. The fourth-order valence-corrected chi connectivity index (χ4v) is 13.8. The number of aromatic hydroxyl groups is 1. The van der Waals surface area contributed by atoms with E-state index in [-0.39, 0.29) is 79.3 Å². The summed E-state index contributed by atoms with van der Waals surface area (Å²) in [6.45, 7) is 14.0. The number of carbonyl (C=O) groups excluding carboxylic acids is 3. The minimum Gasteiger partial charge on any atom is -0.508 e. The monoisotopic (exact) mass is 1080 g/mol. The summed E-state index contributed by atoms with van der Waals surface area (Å²) in [5.74, 6) is -1.28. The van der Waals surface area contributed by atoms with E-state index >= 15 is 4.39 Å². The molecule has 2 bridgehead atoms. The summed E-state index contributed by atoms with van der Waals surface area (Å²) in [6.07, 6.45) is 7.09. The maximum atomic E-state index is 17.3. The lowest BCUT2D eigenvalue weighted by Gasteiger charge is -2.36. The molecule has 5 aliphatic heterocycles. The van der Waals surface area contributed by atoms with Gasteiger partial charge in [0.25, 0.3) is 0 Å². The summed E-state index contributed by atoms with van der Waals surface area (Å²) in [7, 11) is 0. The van der Waals surface area contributed by atoms with E-state index in [0.717, 1.165) is 83.1 Å². The lowest BCUT2D eigenvalue weighted by molar-refractivity contribution is -0.144. The summed E-state index contributed by atoms with van der Waals surface area (Å²) >= 11 is 1.57. The van der Waals surface area contributed by atoms with Crippen molar-refractivity contribution >= 4 is 56.6 Å². The second-order valence-electron chi connectivity index (χ2n) is 23.3. The summed E-state index contributed by atoms with van der Waals surface area (Å²) in [4.78, 5) is 68.0. The van der Waals surface area contributed by atoms with Gasteiger partial charge in [-0.25, -0.2) is 9.37 Å². The van der Waals surface area contributed by atoms with Gasteiger partial charge in [-0.05, 0) is 110 Å². The van der Waals surface area contributed by atoms with Crippen molar-refractivity contribution in [2.75, 3.05) is 50.9 Å². The average molecular weight is 1080 g/mol. The number of nitrogens with one attached hydrogen (secondary N) is 3. The van der Waals surface area contributed by atoms with E-state index in [9.17, 15) is 24.6 Å². The number of aliphatic hydroxyl groups is 1. The summed E-state index contributed by atoms with van der Waals surface area (Å²) in [5.41, 5.74) is 5.35. The highest BCUT2D eigenvalue weighted by Gasteiger charge is 2.50. The van der Waals surface area contributed by atoms with E-state index in [1.54, 1.807) is 29.7 Å². The summed E-state index contributed by atoms with van der Waals surface area (Å²) in [6, 6.07) is 15.5. The Morgan fingerprint density at radius 3 is 2.51 bits per heavy atom. The number of phenols is 1. The standard InChI is InChI=1S/C59H71FN10O7S/c1-7-35-10-8-11-38-22-42(71)23-44(48(35)38)50-49(60)51-45(25-61-50)54(68-26-39-16-17-40(27-68)64-39)67-57(66-51)77-31-59-19-9-21-70(59)41(18-20-59)29-76-30-47(73)65-53(58(4,5)6)56(75)69-28-43(72)24-46(69)55(74)63-33(2)36-12-14-37(15-13-36)52-34(3)62-32-78-52/h8,10-15,22-23,25,32-33,39-41,43,46,53,64,71-72H,7,9,16-21,24,26-31H2,1-6H3,(H,63,74)(H,65,73)/t33-,39?,40?,41-,43+,46-,53+,59-/m0/s1. The molecular weight excluding hydrogens is 1010 g/mol. The van der Waals surface area contributed by atoms with Crippen LogP contribution in [-0.2, 0) is 25.5 Å². The van der Waals surface area contributed by atoms with Crippen LogP contribution >= 0.6 is 11.3 Å². The number of anilines is 1. The molecule has 17 nitrogen and oxygen atoms in total. The SMILES string of the molecule is CCc1cccc2cc(O)cc(-c3ncc4c(N5CC6CCC(C5)N6)nc(OC[C@@]56CCCN5[C@H](COCC(=O)N[C@H](C(=O)N5C[C@H](O)C[C@H]5C(=O)N[C@@H](C)c5ccc(-c7scnc7C)cc5)C(C)(C)C)CC6)nc4c3F)c12. The number of carbonyl (C=O) groups is 3. The largest absolute Gasteiger partial charge is 0.508 e. The Morgan fingerprint density at radius 1 is 1.00 bits per heavy atom. The molecule has 3 aromatic heterocycles. The Hall–Kier alpha value is -6.38. The molecule has 412 valence electrons. The van der Waals surface area contributed by atoms with Crippen molar-refractivity contribution in [3.63, 3.8) is 0 Å². The van der Waals surface area contributed by atoms with Crippen LogP contribution in [0.1, 0.15) is 102 Å². The number of thiazole rings is 1. The summed E-state index contributed by atoms with van der Waals surface area (Å²) < 4.78 is 30.1. The number of hydrogen-bond donors (Lipinski definition) is 5. The number of hydrogen-bond acceptors (Lipinski definition) is 15. The molecule has 78 heavy (non-hydrogen) atoms. The molecule has 8 atom stereocenters. The van der Waals surface area contributed by atoms with E-state index in [2.05, 4.69) is 37.7 Å². The van der Waals surface area contributed by atoms with Crippen molar-refractivity contribution in [1.82, 2.24) is 45.7 Å². The first-order chi connectivity index (χ1) is 37.5. The quantitative estimate of drug-likeness (QED) is 0.0641. The second-order valence-corrected chi connectivity index (χ2v) is 24.2. The van der Waals surface area contributed by atoms with E-state index in [1.165, 1.54) is 4.90 Å². The first kappa shape index (κ1) is 53.6. The summed E-state index contributed by atoms with van der Waals surface area (Å²) in [5, 5.41) is 33.4. The van der Waals surface area contributed by atoms with Crippen LogP contribution in [0, 0.1) is 18.2 Å². The number of benzene rings is 3.